The molecule has 1 atom stereocenters. The molecule has 4 bridgehead atoms. The van der Waals surface area contributed by atoms with Gasteiger partial charge in [0.1, 0.15) is 0 Å². The van der Waals surface area contributed by atoms with E-state index in [4.69, 9.17) is 0 Å². The molecule has 0 aliphatic heterocycles. The molecule has 0 heterocycles. The third-order valence-corrected chi connectivity index (χ3v) is 6.41. The van der Waals surface area contributed by atoms with Crippen LogP contribution >= 0.6 is 0 Å². The maximum absolute atomic E-state index is 11.4. The molecule has 4 aliphatic carbocycles. The lowest BCUT2D eigenvalue weighted by molar-refractivity contribution is -0.176. The van der Waals surface area contributed by atoms with Crippen molar-refractivity contribution in [1.29, 1.82) is 0 Å². The van der Waals surface area contributed by atoms with Gasteiger partial charge in [0.2, 0.25) is 0 Å². The Labute approximate surface area is 116 Å². The first-order chi connectivity index (χ1) is 9.09. The van der Waals surface area contributed by atoms with E-state index in [9.17, 15) is 5.11 Å². The molecule has 5 rings (SSSR count). The SMILES string of the molecule is C[C@](O)(c1ccccc1)C12CC3CC(CC(C3)C1)C2. The van der Waals surface area contributed by atoms with Crippen molar-refractivity contribution in [3.63, 3.8) is 0 Å². The van der Waals surface area contributed by atoms with Crippen LogP contribution in [0.15, 0.2) is 30.3 Å². The van der Waals surface area contributed by atoms with Crippen LogP contribution in [0.5, 0.6) is 0 Å². The predicted octanol–water partition coefficient (Wildman–Crippen LogP) is 4.11. The van der Waals surface area contributed by atoms with E-state index in [0.717, 1.165) is 23.3 Å². The summed E-state index contributed by atoms with van der Waals surface area (Å²) in [4.78, 5) is 0. The molecular formula is C18H24O. The van der Waals surface area contributed by atoms with Crippen molar-refractivity contribution >= 4 is 0 Å². The smallest absolute Gasteiger partial charge is 0.0924 e. The minimum Gasteiger partial charge on any atom is -0.385 e. The third-order valence-electron chi connectivity index (χ3n) is 6.41. The first-order valence-electron chi connectivity index (χ1n) is 7.87. The topological polar surface area (TPSA) is 20.2 Å². The number of rotatable bonds is 2. The van der Waals surface area contributed by atoms with Crippen LogP contribution in [0.1, 0.15) is 51.0 Å². The fourth-order valence-electron chi connectivity index (χ4n) is 5.78. The van der Waals surface area contributed by atoms with E-state index >= 15 is 0 Å². The summed E-state index contributed by atoms with van der Waals surface area (Å²) in [6, 6.07) is 10.4. The molecule has 1 nitrogen and oxygen atoms in total. The van der Waals surface area contributed by atoms with Gasteiger partial charge in [0.15, 0.2) is 0 Å². The number of hydrogen-bond donors (Lipinski definition) is 1. The molecule has 0 amide bonds. The molecule has 19 heavy (non-hydrogen) atoms. The summed E-state index contributed by atoms with van der Waals surface area (Å²) in [5.74, 6) is 2.67. The molecule has 0 aromatic heterocycles. The molecule has 0 spiro atoms. The van der Waals surface area contributed by atoms with E-state index < -0.39 is 5.60 Å². The number of aliphatic hydroxyl groups is 1. The van der Waals surface area contributed by atoms with E-state index in [2.05, 4.69) is 31.2 Å². The van der Waals surface area contributed by atoms with Gasteiger partial charge < -0.3 is 5.11 Å². The second-order valence-electron chi connectivity index (χ2n) is 7.64. The standard InChI is InChI=1S/C18H24O/c1-17(19,16-5-3-2-4-6-16)18-10-13-7-14(11-18)9-15(8-13)12-18/h2-6,13-15,19H,7-12H2,1H3/t13?,14?,15?,17-,18?/m0/s1. The molecule has 1 N–H and O–H groups in total. The van der Waals surface area contributed by atoms with E-state index in [1.165, 1.54) is 38.5 Å². The highest BCUT2D eigenvalue weighted by Gasteiger charge is 2.58. The fourth-order valence-corrected chi connectivity index (χ4v) is 5.78. The molecule has 4 fully saturated rings. The highest BCUT2D eigenvalue weighted by molar-refractivity contribution is 5.26. The first-order valence-corrected chi connectivity index (χ1v) is 7.87. The molecule has 4 saturated carbocycles. The normalized spacial score (nSPS) is 43.2. The lowest BCUT2D eigenvalue weighted by Crippen LogP contribution is -2.55. The zero-order chi connectivity index (χ0) is 13.1. The molecule has 1 heteroatoms. The molecule has 0 radical (unpaired) electrons. The third kappa shape index (κ3) is 1.64. The van der Waals surface area contributed by atoms with Crippen LogP contribution in [0.3, 0.4) is 0 Å². The van der Waals surface area contributed by atoms with Crippen molar-refractivity contribution in [3.8, 4) is 0 Å². The van der Waals surface area contributed by atoms with Gasteiger partial charge in [-0.3, -0.25) is 0 Å². The van der Waals surface area contributed by atoms with E-state index in [1.54, 1.807) is 0 Å². The van der Waals surface area contributed by atoms with Crippen molar-refractivity contribution in [2.24, 2.45) is 23.2 Å². The van der Waals surface area contributed by atoms with Crippen molar-refractivity contribution < 1.29 is 5.11 Å². The van der Waals surface area contributed by atoms with Crippen LogP contribution in [-0.2, 0) is 5.60 Å². The molecular weight excluding hydrogens is 232 g/mol. The zero-order valence-corrected chi connectivity index (χ0v) is 11.8. The summed E-state index contributed by atoms with van der Waals surface area (Å²) >= 11 is 0. The van der Waals surface area contributed by atoms with Gasteiger partial charge in [-0.2, -0.15) is 0 Å². The molecule has 1 aromatic rings. The summed E-state index contributed by atoms with van der Waals surface area (Å²) in [5, 5.41) is 11.4. The van der Waals surface area contributed by atoms with Crippen molar-refractivity contribution in [2.75, 3.05) is 0 Å². The van der Waals surface area contributed by atoms with Crippen molar-refractivity contribution in [1.82, 2.24) is 0 Å². The Morgan fingerprint density at radius 1 is 0.947 bits per heavy atom. The largest absolute Gasteiger partial charge is 0.385 e. The maximum atomic E-state index is 11.4. The average molecular weight is 256 g/mol. The van der Waals surface area contributed by atoms with E-state index in [1.807, 2.05) is 6.07 Å². The fraction of sp³-hybridized carbons (Fsp3) is 0.667. The van der Waals surface area contributed by atoms with Gasteiger partial charge in [0.25, 0.3) is 0 Å². The minimum absolute atomic E-state index is 0.156. The van der Waals surface area contributed by atoms with Gasteiger partial charge in [-0.1, -0.05) is 30.3 Å². The summed E-state index contributed by atoms with van der Waals surface area (Å²) in [6.45, 7) is 2.08. The van der Waals surface area contributed by atoms with Gasteiger partial charge in [-0.25, -0.2) is 0 Å². The van der Waals surface area contributed by atoms with Gasteiger partial charge in [0.05, 0.1) is 5.60 Å². The number of hydrogen-bond acceptors (Lipinski definition) is 1. The monoisotopic (exact) mass is 256 g/mol. The van der Waals surface area contributed by atoms with Crippen LogP contribution in [0, 0.1) is 23.2 Å². The quantitative estimate of drug-likeness (QED) is 0.844. The summed E-state index contributed by atoms with van der Waals surface area (Å²) < 4.78 is 0. The van der Waals surface area contributed by atoms with Crippen molar-refractivity contribution in [2.45, 2.75) is 51.0 Å². The second-order valence-corrected chi connectivity index (χ2v) is 7.64. The van der Waals surface area contributed by atoms with Crippen LogP contribution in [0.4, 0.5) is 0 Å². The van der Waals surface area contributed by atoms with Gasteiger partial charge in [-0.15, -0.1) is 0 Å². The summed E-state index contributed by atoms with van der Waals surface area (Å²) in [5.41, 5.74) is 0.629. The summed E-state index contributed by atoms with van der Waals surface area (Å²) in [6.07, 6.45) is 8.06. The molecule has 1 aromatic carbocycles. The summed E-state index contributed by atoms with van der Waals surface area (Å²) in [7, 11) is 0. The van der Waals surface area contributed by atoms with Gasteiger partial charge in [0, 0.05) is 5.41 Å². The lowest BCUT2D eigenvalue weighted by Gasteiger charge is -2.61. The predicted molar refractivity (Wildman–Crippen MR) is 76.6 cm³/mol. The molecule has 4 aliphatic rings. The average Bonchev–Trinajstić information content (AvgIpc) is 2.38. The van der Waals surface area contributed by atoms with Crippen molar-refractivity contribution in [3.05, 3.63) is 35.9 Å². The van der Waals surface area contributed by atoms with Crippen LogP contribution in [-0.4, -0.2) is 5.11 Å². The Bertz CT molecular complexity index is 438. The molecule has 0 unspecified atom stereocenters. The van der Waals surface area contributed by atoms with Crippen LogP contribution < -0.4 is 0 Å². The Morgan fingerprint density at radius 2 is 1.42 bits per heavy atom. The second kappa shape index (κ2) is 3.85. The first kappa shape index (κ1) is 12.0. The van der Waals surface area contributed by atoms with Crippen LogP contribution in [0.25, 0.3) is 0 Å². The Kier molecular flexibility index (Phi) is 2.42. The highest BCUT2D eigenvalue weighted by Crippen LogP contribution is 2.65. The highest BCUT2D eigenvalue weighted by atomic mass is 16.3. The Morgan fingerprint density at radius 3 is 1.89 bits per heavy atom. The Balaban J connectivity index is 1.75. The van der Waals surface area contributed by atoms with E-state index in [0.29, 0.717) is 0 Å². The number of benzene rings is 1. The molecule has 102 valence electrons. The lowest BCUT2D eigenvalue weighted by atomic mass is 9.45. The minimum atomic E-state index is -0.649. The zero-order valence-electron chi connectivity index (χ0n) is 11.8. The maximum Gasteiger partial charge on any atom is 0.0924 e. The van der Waals surface area contributed by atoms with Gasteiger partial charge >= 0.3 is 0 Å². The van der Waals surface area contributed by atoms with Crippen LogP contribution in [0.2, 0.25) is 0 Å². The molecule has 0 saturated heterocycles. The Hall–Kier alpha value is -0.820. The van der Waals surface area contributed by atoms with Gasteiger partial charge in [-0.05, 0) is 68.8 Å². The van der Waals surface area contributed by atoms with E-state index in [-0.39, 0.29) is 5.41 Å².